The molecule has 1 aromatic carbocycles. The zero-order valence-electron chi connectivity index (χ0n) is 13.4. The number of hydrogen-bond donors (Lipinski definition) is 1. The molecule has 0 saturated heterocycles. The Balaban J connectivity index is 1.36. The van der Waals surface area contributed by atoms with Crippen molar-refractivity contribution in [3.05, 3.63) is 35.1 Å². The van der Waals surface area contributed by atoms with Gasteiger partial charge in [0.1, 0.15) is 18.2 Å². The van der Waals surface area contributed by atoms with Gasteiger partial charge in [0.05, 0.1) is 12.3 Å². The molecule has 3 rings (SSSR count). The van der Waals surface area contributed by atoms with Crippen LogP contribution < -0.4 is 4.74 Å². The zero-order valence-corrected chi connectivity index (χ0v) is 14.9. The van der Waals surface area contributed by atoms with E-state index < -0.39 is 0 Å². The highest BCUT2D eigenvalue weighted by Gasteiger charge is 2.27. The summed E-state index contributed by atoms with van der Waals surface area (Å²) >= 11 is 7.18. The lowest BCUT2D eigenvalue weighted by Crippen LogP contribution is -2.32. The Hall–Kier alpha value is -1.73. The molecule has 1 fully saturated rings. The molecule has 1 aliphatic carbocycles. The van der Waals surface area contributed by atoms with E-state index in [4.69, 9.17) is 16.3 Å². The number of H-pyrrole nitrogens is 1. The molecule has 1 aromatic heterocycles. The normalized spacial score (nSPS) is 13.8. The minimum absolute atomic E-state index is 0.0254. The van der Waals surface area contributed by atoms with E-state index in [1.807, 2.05) is 0 Å². The monoisotopic (exact) mass is 366 g/mol. The summed E-state index contributed by atoms with van der Waals surface area (Å²) in [5.74, 6) is 2.56. The molecule has 1 aliphatic rings. The van der Waals surface area contributed by atoms with Crippen LogP contribution in [0.25, 0.3) is 0 Å². The van der Waals surface area contributed by atoms with E-state index >= 15 is 0 Å². The van der Waals surface area contributed by atoms with Gasteiger partial charge in [0.15, 0.2) is 0 Å². The van der Waals surface area contributed by atoms with E-state index in [2.05, 4.69) is 15.2 Å². The SMILES string of the molecule is CN(CCOc1ccc(Cl)cc1)C(=O)CSc1n[nH]c(C2CC2)n1. The van der Waals surface area contributed by atoms with Crippen molar-refractivity contribution in [2.24, 2.45) is 0 Å². The van der Waals surface area contributed by atoms with Gasteiger partial charge in [-0.25, -0.2) is 4.98 Å². The van der Waals surface area contributed by atoms with Gasteiger partial charge in [-0.1, -0.05) is 23.4 Å². The van der Waals surface area contributed by atoms with Crippen LogP contribution in [0, 0.1) is 0 Å². The summed E-state index contributed by atoms with van der Waals surface area (Å²) in [6.45, 7) is 0.949. The summed E-state index contributed by atoms with van der Waals surface area (Å²) in [7, 11) is 1.77. The summed E-state index contributed by atoms with van der Waals surface area (Å²) in [6.07, 6.45) is 2.35. The first-order valence-corrected chi connectivity index (χ1v) is 9.15. The van der Waals surface area contributed by atoms with Crippen LogP contribution in [0.2, 0.25) is 5.02 Å². The van der Waals surface area contributed by atoms with E-state index in [1.54, 1.807) is 36.2 Å². The molecule has 0 radical (unpaired) electrons. The Morgan fingerprint density at radius 1 is 1.42 bits per heavy atom. The molecule has 2 aromatic rings. The number of thioether (sulfide) groups is 1. The summed E-state index contributed by atoms with van der Waals surface area (Å²) in [5, 5.41) is 8.38. The standard InChI is InChI=1S/C16H19ClN4O2S/c1-21(8-9-23-13-6-4-12(17)5-7-13)14(22)10-24-16-18-15(19-20-16)11-2-3-11/h4-7,11H,2-3,8-10H2,1H3,(H,18,19,20). The predicted molar refractivity (Wildman–Crippen MR) is 93.7 cm³/mol. The Kier molecular flexibility index (Phi) is 5.63. The van der Waals surface area contributed by atoms with Crippen LogP contribution in [0.5, 0.6) is 5.75 Å². The second kappa shape index (κ2) is 7.90. The number of nitrogens with zero attached hydrogens (tertiary/aromatic N) is 3. The first-order valence-electron chi connectivity index (χ1n) is 7.79. The fourth-order valence-electron chi connectivity index (χ4n) is 2.05. The van der Waals surface area contributed by atoms with Gasteiger partial charge in [-0.05, 0) is 37.1 Å². The summed E-state index contributed by atoms with van der Waals surface area (Å²) in [5.41, 5.74) is 0. The third-order valence-corrected chi connectivity index (χ3v) is 4.79. The quantitative estimate of drug-likeness (QED) is 0.727. The van der Waals surface area contributed by atoms with Crippen LogP contribution in [0.15, 0.2) is 29.4 Å². The van der Waals surface area contributed by atoms with Crippen molar-refractivity contribution >= 4 is 29.3 Å². The molecule has 0 aliphatic heterocycles. The van der Waals surface area contributed by atoms with E-state index in [0.717, 1.165) is 11.6 Å². The highest BCUT2D eigenvalue weighted by atomic mass is 35.5. The number of amides is 1. The average Bonchev–Trinajstić information content (AvgIpc) is 3.33. The van der Waals surface area contributed by atoms with E-state index in [0.29, 0.717) is 35.0 Å². The van der Waals surface area contributed by atoms with Gasteiger partial charge in [0.25, 0.3) is 0 Å². The molecule has 0 spiro atoms. The van der Waals surface area contributed by atoms with Crippen molar-refractivity contribution in [1.29, 1.82) is 0 Å². The lowest BCUT2D eigenvalue weighted by molar-refractivity contribution is -0.127. The molecular weight excluding hydrogens is 348 g/mol. The maximum absolute atomic E-state index is 12.1. The van der Waals surface area contributed by atoms with Crippen molar-refractivity contribution in [3.63, 3.8) is 0 Å². The van der Waals surface area contributed by atoms with Gasteiger partial charge in [-0.15, -0.1) is 5.10 Å². The molecule has 0 atom stereocenters. The molecule has 1 N–H and O–H groups in total. The van der Waals surface area contributed by atoms with E-state index in [-0.39, 0.29) is 5.91 Å². The summed E-state index contributed by atoms with van der Waals surface area (Å²) in [4.78, 5) is 18.2. The Bertz CT molecular complexity index is 688. The van der Waals surface area contributed by atoms with Crippen LogP contribution in [-0.2, 0) is 4.79 Å². The Labute approximate surface area is 149 Å². The van der Waals surface area contributed by atoms with Gasteiger partial charge >= 0.3 is 0 Å². The predicted octanol–water partition coefficient (Wildman–Crippen LogP) is 2.97. The highest BCUT2D eigenvalue weighted by molar-refractivity contribution is 7.99. The number of benzene rings is 1. The van der Waals surface area contributed by atoms with Crippen LogP contribution in [0.4, 0.5) is 0 Å². The summed E-state index contributed by atoms with van der Waals surface area (Å²) < 4.78 is 5.59. The number of carbonyl (C=O) groups is 1. The minimum atomic E-state index is 0.0254. The third-order valence-electron chi connectivity index (χ3n) is 3.71. The van der Waals surface area contributed by atoms with Gasteiger partial charge < -0.3 is 9.64 Å². The molecule has 1 saturated carbocycles. The molecule has 1 amide bonds. The maximum Gasteiger partial charge on any atom is 0.232 e. The number of nitrogens with one attached hydrogen (secondary N) is 1. The fourth-order valence-corrected chi connectivity index (χ4v) is 2.93. The van der Waals surface area contributed by atoms with Gasteiger partial charge in [0, 0.05) is 18.0 Å². The summed E-state index contributed by atoms with van der Waals surface area (Å²) in [6, 6.07) is 7.16. The van der Waals surface area contributed by atoms with Crippen molar-refractivity contribution in [3.8, 4) is 5.75 Å². The van der Waals surface area contributed by atoms with Crippen LogP contribution in [0.3, 0.4) is 0 Å². The molecule has 24 heavy (non-hydrogen) atoms. The molecule has 128 valence electrons. The average molecular weight is 367 g/mol. The van der Waals surface area contributed by atoms with Crippen molar-refractivity contribution in [2.75, 3.05) is 26.0 Å². The smallest absolute Gasteiger partial charge is 0.232 e. The topological polar surface area (TPSA) is 71.1 Å². The number of rotatable bonds is 8. The van der Waals surface area contributed by atoms with Crippen LogP contribution in [0.1, 0.15) is 24.6 Å². The largest absolute Gasteiger partial charge is 0.492 e. The number of halogens is 1. The Morgan fingerprint density at radius 2 is 2.17 bits per heavy atom. The lowest BCUT2D eigenvalue weighted by atomic mass is 10.3. The van der Waals surface area contributed by atoms with Crippen molar-refractivity contribution < 1.29 is 9.53 Å². The number of carbonyl (C=O) groups excluding carboxylic acids is 1. The maximum atomic E-state index is 12.1. The number of likely N-dealkylation sites (N-methyl/N-ethyl adjacent to an activating group) is 1. The first kappa shape index (κ1) is 17.1. The van der Waals surface area contributed by atoms with Crippen molar-refractivity contribution in [2.45, 2.75) is 23.9 Å². The highest BCUT2D eigenvalue weighted by Crippen LogP contribution is 2.38. The molecule has 6 nitrogen and oxygen atoms in total. The Morgan fingerprint density at radius 3 is 2.88 bits per heavy atom. The van der Waals surface area contributed by atoms with E-state index in [1.165, 1.54) is 24.6 Å². The molecular formula is C16H19ClN4O2S. The number of aromatic nitrogens is 3. The van der Waals surface area contributed by atoms with Gasteiger partial charge in [0.2, 0.25) is 11.1 Å². The molecule has 1 heterocycles. The lowest BCUT2D eigenvalue weighted by Gasteiger charge is -2.17. The number of hydrogen-bond acceptors (Lipinski definition) is 5. The van der Waals surface area contributed by atoms with Crippen LogP contribution >= 0.6 is 23.4 Å². The van der Waals surface area contributed by atoms with Crippen LogP contribution in [-0.4, -0.2) is 51.9 Å². The first-order chi connectivity index (χ1) is 11.6. The van der Waals surface area contributed by atoms with Crippen molar-refractivity contribution in [1.82, 2.24) is 20.1 Å². The van der Waals surface area contributed by atoms with Gasteiger partial charge in [-0.2, -0.15) is 0 Å². The zero-order chi connectivity index (χ0) is 16.9. The third kappa shape index (κ3) is 4.88. The van der Waals surface area contributed by atoms with E-state index in [9.17, 15) is 4.79 Å². The second-order valence-electron chi connectivity index (χ2n) is 5.68. The minimum Gasteiger partial charge on any atom is -0.492 e. The molecule has 0 unspecified atom stereocenters. The molecule has 0 bridgehead atoms. The van der Waals surface area contributed by atoms with Gasteiger partial charge in [-0.3, -0.25) is 9.89 Å². The number of aromatic amines is 1. The number of ether oxygens (including phenoxy) is 1. The second-order valence-corrected chi connectivity index (χ2v) is 7.06. The fraction of sp³-hybridized carbons (Fsp3) is 0.438. The molecule has 8 heteroatoms.